The van der Waals surface area contributed by atoms with Gasteiger partial charge in [-0.25, -0.2) is 0 Å². The zero-order valence-corrected chi connectivity index (χ0v) is 8.23. The summed E-state index contributed by atoms with van der Waals surface area (Å²) in [6.45, 7) is 2.90. The van der Waals surface area contributed by atoms with Gasteiger partial charge in [0.15, 0.2) is 0 Å². The molecule has 0 heterocycles. The number of hydrogen-bond acceptors (Lipinski definition) is 2. The number of hydrogen-bond donors (Lipinski definition) is 1. The van der Waals surface area contributed by atoms with Crippen molar-refractivity contribution in [2.75, 3.05) is 12.3 Å². The Morgan fingerprint density at radius 3 is 2.42 bits per heavy atom. The van der Waals surface area contributed by atoms with E-state index in [4.69, 9.17) is 5.73 Å². The SMILES string of the molecule is CCSc1ccc(CCN)cc1. The van der Waals surface area contributed by atoms with Gasteiger partial charge in [-0.3, -0.25) is 0 Å². The molecule has 2 N–H and O–H groups in total. The van der Waals surface area contributed by atoms with E-state index in [1.165, 1.54) is 10.5 Å². The monoisotopic (exact) mass is 181 g/mol. The fourth-order valence-corrected chi connectivity index (χ4v) is 1.75. The lowest BCUT2D eigenvalue weighted by atomic mass is 10.2. The van der Waals surface area contributed by atoms with Gasteiger partial charge in [0, 0.05) is 4.90 Å². The van der Waals surface area contributed by atoms with Crippen LogP contribution in [0.3, 0.4) is 0 Å². The van der Waals surface area contributed by atoms with Crippen LogP contribution < -0.4 is 5.73 Å². The first kappa shape index (κ1) is 9.62. The van der Waals surface area contributed by atoms with E-state index in [-0.39, 0.29) is 0 Å². The second-order valence-corrected chi connectivity index (χ2v) is 3.95. The third-order valence-electron chi connectivity index (χ3n) is 1.67. The van der Waals surface area contributed by atoms with Crippen molar-refractivity contribution in [1.82, 2.24) is 0 Å². The minimum Gasteiger partial charge on any atom is -0.330 e. The quantitative estimate of drug-likeness (QED) is 0.721. The zero-order chi connectivity index (χ0) is 8.81. The molecule has 0 fully saturated rings. The highest BCUT2D eigenvalue weighted by Crippen LogP contribution is 2.17. The van der Waals surface area contributed by atoms with E-state index in [0.29, 0.717) is 0 Å². The summed E-state index contributed by atoms with van der Waals surface area (Å²) in [5.74, 6) is 1.14. The Morgan fingerprint density at radius 1 is 1.25 bits per heavy atom. The number of thioether (sulfide) groups is 1. The zero-order valence-electron chi connectivity index (χ0n) is 7.42. The Morgan fingerprint density at radius 2 is 1.92 bits per heavy atom. The Balaban J connectivity index is 2.58. The molecule has 0 aliphatic carbocycles. The molecule has 0 aromatic heterocycles. The van der Waals surface area contributed by atoms with Crippen molar-refractivity contribution in [2.45, 2.75) is 18.2 Å². The molecule has 0 saturated heterocycles. The van der Waals surface area contributed by atoms with Crippen molar-refractivity contribution in [3.05, 3.63) is 29.8 Å². The normalized spacial score (nSPS) is 10.2. The third-order valence-corrected chi connectivity index (χ3v) is 2.56. The van der Waals surface area contributed by atoms with Gasteiger partial charge in [0.25, 0.3) is 0 Å². The molecule has 2 heteroatoms. The molecule has 0 amide bonds. The van der Waals surface area contributed by atoms with Gasteiger partial charge in [-0.05, 0) is 36.4 Å². The summed E-state index contributed by atoms with van der Waals surface area (Å²) >= 11 is 1.87. The van der Waals surface area contributed by atoms with Crippen molar-refractivity contribution >= 4 is 11.8 Å². The van der Waals surface area contributed by atoms with Crippen LogP contribution in [-0.2, 0) is 6.42 Å². The summed E-state index contributed by atoms with van der Waals surface area (Å²) in [5, 5.41) is 0. The van der Waals surface area contributed by atoms with Gasteiger partial charge in [0.1, 0.15) is 0 Å². The summed E-state index contributed by atoms with van der Waals surface area (Å²) in [6, 6.07) is 8.65. The number of rotatable bonds is 4. The van der Waals surface area contributed by atoms with Crippen LogP contribution in [0.2, 0.25) is 0 Å². The van der Waals surface area contributed by atoms with E-state index in [2.05, 4.69) is 31.2 Å². The van der Waals surface area contributed by atoms with Crippen LogP contribution in [0.1, 0.15) is 12.5 Å². The van der Waals surface area contributed by atoms with Gasteiger partial charge in [-0.1, -0.05) is 19.1 Å². The molecule has 0 aliphatic rings. The maximum absolute atomic E-state index is 5.45. The molecule has 66 valence electrons. The molecule has 1 aromatic carbocycles. The predicted molar refractivity (Wildman–Crippen MR) is 55.6 cm³/mol. The second-order valence-electron chi connectivity index (χ2n) is 2.62. The van der Waals surface area contributed by atoms with Gasteiger partial charge in [-0.15, -0.1) is 11.8 Å². The molecular formula is C10H15NS. The minimum absolute atomic E-state index is 0.736. The van der Waals surface area contributed by atoms with Crippen molar-refractivity contribution in [3.63, 3.8) is 0 Å². The van der Waals surface area contributed by atoms with Gasteiger partial charge in [0.05, 0.1) is 0 Å². The maximum Gasteiger partial charge on any atom is 0.00720 e. The summed E-state index contributed by atoms with van der Waals surface area (Å²) in [7, 11) is 0. The average molecular weight is 181 g/mol. The first-order chi connectivity index (χ1) is 5.86. The van der Waals surface area contributed by atoms with Crippen molar-refractivity contribution in [1.29, 1.82) is 0 Å². The summed E-state index contributed by atoms with van der Waals surface area (Å²) in [6.07, 6.45) is 0.983. The van der Waals surface area contributed by atoms with Crippen LogP contribution in [0.15, 0.2) is 29.2 Å². The molecule has 0 saturated carbocycles. The van der Waals surface area contributed by atoms with Crippen LogP contribution in [0.5, 0.6) is 0 Å². The smallest absolute Gasteiger partial charge is 0.00720 e. The molecule has 12 heavy (non-hydrogen) atoms. The first-order valence-corrected chi connectivity index (χ1v) is 5.27. The number of nitrogens with two attached hydrogens (primary N) is 1. The van der Waals surface area contributed by atoms with Crippen LogP contribution in [0, 0.1) is 0 Å². The molecule has 0 aliphatic heterocycles. The van der Waals surface area contributed by atoms with E-state index in [9.17, 15) is 0 Å². The van der Waals surface area contributed by atoms with E-state index in [0.717, 1.165) is 18.7 Å². The summed E-state index contributed by atoms with van der Waals surface area (Å²) in [5.41, 5.74) is 6.78. The first-order valence-electron chi connectivity index (χ1n) is 4.28. The van der Waals surface area contributed by atoms with Crippen molar-refractivity contribution in [3.8, 4) is 0 Å². The topological polar surface area (TPSA) is 26.0 Å². The van der Waals surface area contributed by atoms with E-state index in [1.807, 2.05) is 11.8 Å². The van der Waals surface area contributed by atoms with E-state index < -0.39 is 0 Å². The molecule has 0 bridgehead atoms. The fraction of sp³-hybridized carbons (Fsp3) is 0.400. The highest BCUT2D eigenvalue weighted by molar-refractivity contribution is 7.99. The lowest BCUT2D eigenvalue weighted by Crippen LogP contribution is -2.02. The lowest BCUT2D eigenvalue weighted by molar-refractivity contribution is 0.966. The largest absolute Gasteiger partial charge is 0.330 e. The molecule has 0 unspecified atom stereocenters. The summed E-state index contributed by atoms with van der Waals surface area (Å²) in [4.78, 5) is 1.35. The maximum atomic E-state index is 5.45. The Bertz CT molecular complexity index is 193. The predicted octanol–water partition coefficient (Wildman–Crippen LogP) is 2.30. The third kappa shape index (κ3) is 2.88. The summed E-state index contributed by atoms with van der Waals surface area (Å²) < 4.78 is 0. The van der Waals surface area contributed by atoms with Gasteiger partial charge in [-0.2, -0.15) is 0 Å². The van der Waals surface area contributed by atoms with E-state index >= 15 is 0 Å². The molecule has 1 aromatic rings. The Hall–Kier alpha value is -0.470. The lowest BCUT2D eigenvalue weighted by Gasteiger charge is -2.00. The van der Waals surface area contributed by atoms with Gasteiger partial charge in [0.2, 0.25) is 0 Å². The highest BCUT2D eigenvalue weighted by Gasteiger charge is 1.92. The Labute approximate surface area is 78.4 Å². The molecular weight excluding hydrogens is 166 g/mol. The molecule has 1 rings (SSSR count). The number of benzene rings is 1. The van der Waals surface area contributed by atoms with Gasteiger partial charge < -0.3 is 5.73 Å². The van der Waals surface area contributed by atoms with Crippen molar-refractivity contribution < 1.29 is 0 Å². The highest BCUT2D eigenvalue weighted by atomic mass is 32.2. The fourth-order valence-electron chi connectivity index (χ4n) is 1.09. The molecule has 0 atom stereocenters. The van der Waals surface area contributed by atoms with Crippen LogP contribution in [-0.4, -0.2) is 12.3 Å². The van der Waals surface area contributed by atoms with Crippen LogP contribution in [0.4, 0.5) is 0 Å². The van der Waals surface area contributed by atoms with Crippen LogP contribution >= 0.6 is 11.8 Å². The van der Waals surface area contributed by atoms with Gasteiger partial charge >= 0.3 is 0 Å². The van der Waals surface area contributed by atoms with E-state index in [1.54, 1.807) is 0 Å². The second kappa shape index (κ2) is 5.22. The van der Waals surface area contributed by atoms with Crippen molar-refractivity contribution in [2.24, 2.45) is 5.73 Å². The Kier molecular flexibility index (Phi) is 4.19. The molecule has 0 radical (unpaired) electrons. The van der Waals surface area contributed by atoms with Crippen LogP contribution in [0.25, 0.3) is 0 Å². The standard InChI is InChI=1S/C10H15NS/c1-2-12-10-5-3-9(4-6-10)7-8-11/h3-6H,2,7-8,11H2,1H3. The molecule has 0 spiro atoms. The minimum atomic E-state index is 0.736. The molecule has 1 nitrogen and oxygen atoms in total. The average Bonchev–Trinajstić information content (AvgIpc) is 2.09.